The topological polar surface area (TPSA) is 29.5 Å². The Bertz CT molecular complexity index is 509. The molecule has 4 heteroatoms. The maximum Gasteiger partial charge on any atom is 0.204 e. The highest BCUT2D eigenvalue weighted by molar-refractivity contribution is 5.41. The molecule has 0 fully saturated rings. The van der Waals surface area contributed by atoms with E-state index in [1.165, 1.54) is 6.07 Å². The molecule has 0 aliphatic heterocycles. The summed E-state index contributed by atoms with van der Waals surface area (Å²) in [6.45, 7) is 4.04. The smallest absolute Gasteiger partial charge is 0.204 e. The minimum absolute atomic E-state index is 0.116. The van der Waals surface area contributed by atoms with Crippen molar-refractivity contribution >= 4 is 0 Å². The van der Waals surface area contributed by atoms with Gasteiger partial charge in [-0.25, -0.2) is 0 Å². The van der Waals surface area contributed by atoms with Gasteiger partial charge in [-0.15, -0.1) is 0 Å². The molecule has 1 aromatic carbocycles. The number of hydrogen-bond donors (Lipinski definition) is 1. The Kier molecular flexibility index (Phi) is 4.08. The second-order valence-corrected chi connectivity index (χ2v) is 5.20. The third kappa shape index (κ3) is 3.06. The molecule has 0 radical (unpaired) electrons. The van der Waals surface area contributed by atoms with Crippen molar-refractivity contribution in [3.63, 3.8) is 0 Å². The summed E-state index contributed by atoms with van der Waals surface area (Å²) in [5.74, 6) is -2.51. The summed E-state index contributed by atoms with van der Waals surface area (Å²) in [4.78, 5) is 0. The second kappa shape index (κ2) is 5.59. The molecule has 0 aromatic heterocycles. The molecule has 2 nitrogen and oxygen atoms in total. The zero-order chi connectivity index (χ0) is 14.0. The van der Waals surface area contributed by atoms with E-state index in [4.69, 9.17) is 9.84 Å². The molecule has 0 saturated carbocycles. The van der Waals surface area contributed by atoms with Crippen LogP contribution in [-0.4, -0.2) is 11.7 Å². The number of phenols is 1. The molecular weight excluding hydrogens is 250 g/mol. The molecule has 0 spiro atoms. The maximum absolute atomic E-state index is 13.7. The van der Waals surface area contributed by atoms with Gasteiger partial charge >= 0.3 is 0 Å². The summed E-state index contributed by atoms with van der Waals surface area (Å²) in [6, 6.07) is 1.17. The molecule has 19 heavy (non-hydrogen) atoms. The Morgan fingerprint density at radius 2 is 2.11 bits per heavy atom. The number of hydrogen-bond acceptors (Lipinski definition) is 2. The first-order chi connectivity index (χ1) is 8.99. The SMILES string of the molecule is Cc1cc(O)c(F)c(F)c1OCC1=CCC(C)CC1. The van der Waals surface area contributed by atoms with E-state index >= 15 is 0 Å². The van der Waals surface area contributed by atoms with Gasteiger partial charge in [0.25, 0.3) is 0 Å². The predicted molar refractivity (Wildman–Crippen MR) is 69.4 cm³/mol. The van der Waals surface area contributed by atoms with Crippen molar-refractivity contribution in [2.45, 2.75) is 33.1 Å². The number of ether oxygens (including phenoxy) is 1. The van der Waals surface area contributed by atoms with Crippen molar-refractivity contribution in [1.82, 2.24) is 0 Å². The zero-order valence-corrected chi connectivity index (χ0v) is 11.2. The molecule has 104 valence electrons. The first-order valence-corrected chi connectivity index (χ1v) is 6.47. The summed E-state index contributed by atoms with van der Waals surface area (Å²) in [7, 11) is 0. The van der Waals surface area contributed by atoms with Gasteiger partial charge in [0.15, 0.2) is 11.5 Å². The lowest BCUT2D eigenvalue weighted by molar-refractivity contribution is 0.306. The summed E-state index contributed by atoms with van der Waals surface area (Å²) < 4.78 is 32.3. The van der Waals surface area contributed by atoms with Crippen molar-refractivity contribution in [2.75, 3.05) is 6.61 Å². The monoisotopic (exact) mass is 268 g/mol. The van der Waals surface area contributed by atoms with Gasteiger partial charge in [-0.1, -0.05) is 13.0 Å². The van der Waals surface area contributed by atoms with Crippen LogP contribution in [0.1, 0.15) is 31.7 Å². The quantitative estimate of drug-likeness (QED) is 0.836. The Balaban J connectivity index is 2.10. The van der Waals surface area contributed by atoms with Crippen LogP contribution in [0.2, 0.25) is 0 Å². The van der Waals surface area contributed by atoms with E-state index in [0.29, 0.717) is 11.5 Å². The van der Waals surface area contributed by atoms with E-state index in [1.54, 1.807) is 6.92 Å². The molecule has 0 heterocycles. The summed E-state index contributed by atoms with van der Waals surface area (Å²) >= 11 is 0. The minimum Gasteiger partial charge on any atom is -0.505 e. The van der Waals surface area contributed by atoms with Crippen LogP contribution >= 0.6 is 0 Å². The van der Waals surface area contributed by atoms with Gasteiger partial charge < -0.3 is 9.84 Å². The molecule has 0 bridgehead atoms. The number of benzene rings is 1. The third-order valence-electron chi connectivity index (χ3n) is 3.50. The Morgan fingerprint density at radius 3 is 2.74 bits per heavy atom. The van der Waals surface area contributed by atoms with Crippen LogP contribution < -0.4 is 4.74 Å². The highest BCUT2D eigenvalue weighted by Crippen LogP contribution is 2.31. The predicted octanol–water partition coefficient (Wildman–Crippen LogP) is 4.10. The maximum atomic E-state index is 13.7. The van der Waals surface area contributed by atoms with Gasteiger partial charge in [-0.05, 0) is 49.3 Å². The number of aromatic hydroxyl groups is 1. The van der Waals surface area contributed by atoms with Crippen molar-refractivity contribution in [3.05, 3.63) is 34.9 Å². The van der Waals surface area contributed by atoms with Gasteiger partial charge in [-0.3, -0.25) is 0 Å². The van der Waals surface area contributed by atoms with Crippen molar-refractivity contribution < 1.29 is 18.6 Å². The number of halogens is 2. The van der Waals surface area contributed by atoms with Gasteiger partial charge in [0, 0.05) is 0 Å². The summed E-state index contributed by atoms with van der Waals surface area (Å²) in [5, 5.41) is 9.17. The van der Waals surface area contributed by atoms with Crippen LogP contribution in [0.3, 0.4) is 0 Å². The minimum atomic E-state index is -1.26. The van der Waals surface area contributed by atoms with E-state index in [9.17, 15) is 8.78 Å². The Hall–Kier alpha value is -1.58. The number of rotatable bonds is 3. The number of allylic oxidation sites excluding steroid dienone is 1. The van der Waals surface area contributed by atoms with Crippen LogP contribution in [0.15, 0.2) is 17.7 Å². The molecule has 0 amide bonds. The highest BCUT2D eigenvalue weighted by atomic mass is 19.2. The molecule has 2 rings (SSSR count). The zero-order valence-electron chi connectivity index (χ0n) is 11.2. The second-order valence-electron chi connectivity index (χ2n) is 5.20. The van der Waals surface area contributed by atoms with Gasteiger partial charge in [0.2, 0.25) is 11.6 Å². The van der Waals surface area contributed by atoms with Crippen LogP contribution in [0.4, 0.5) is 8.78 Å². The average Bonchev–Trinajstić information content (AvgIpc) is 2.38. The molecule has 1 unspecified atom stereocenters. The standard InChI is InChI=1S/C15H18F2O2/c1-9-3-5-11(6-4-9)8-19-15-10(2)7-12(18)13(16)14(15)17/h5,7,9,18H,3-4,6,8H2,1-2H3. The van der Waals surface area contributed by atoms with E-state index in [-0.39, 0.29) is 12.4 Å². The van der Waals surface area contributed by atoms with Crippen molar-refractivity contribution in [2.24, 2.45) is 5.92 Å². The lowest BCUT2D eigenvalue weighted by Gasteiger charge is -2.19. The van der Waals surface area contributed by atoms with Crippen LogP contribution in [0, 0.1) is 24.5 Å². The fourth-order valence-corrected chi connectivity index (χ4v) is 2.21. The van der Waals surface area contributed by atoms with E-state index in [1.807, 2.05) is 0 Å². The van der Waals surface area contributed by atoms with Crippen molar-refractivity contribution in [1.29, 1.82) is 0 Å². The average molecular weight is 268 g/mol. The molecule has 1 N–H and O–H groups in total. The van der Waals surface area contributed by atoms with Gasteiger partial charge in [-0.2, -0.15) is 8.78 Å². The van der Waals surface area contributed by atoms with Crippen LogP contribution in [0.25, 0.3) is 0 Å². The Labute approximate surface area is 111 Å². The first-order valence-electron chi connectivity index (χ1n) is 6.47. The highest BCUT2D eigenvalue weighted by Gasteiger charge is 2.18. The first kappa shape index (κ1) is 13.8. The number of phenolic OH excluding ortho intramolecular Hbond substituents is 1. The summed E-state index contributed by atoms with van der Waals surface area (Å²) in [6.07, 6.45) is 5.14. The van der Waals surface area contributed by atoms with Crippen LogP contribution in [0.5, 0.6) is 11.5 Å². The molecule has 1 atom stereocenters. The molecular formula is C15H18F2O2. The lowest BCUT2D eigenvalue weighted by atomic mass is 9.91. The van der Waals surface area contributed by atoms with E-state index in [2.05, 4.69) is 13.0 Å². The van der Waals surface area contributed by atoms with Gasteiger partial charge in [0.1, 0.15) is 6.61 Å². The fraction of sp³-hybridized carbons (Fsp3) is 0.467. The Morgan fingerprint density at radius 1 is 1.37 bits per heavy atom. The van der Waals surface area contributed by atoms with E-state index in [0.717, 1.165) is 24.8 Å². The lowest BCUT2D eigenvalue weighted by Crippen LogP contribution is -2.10. The van der Waals surface area contributed by atoms with Crippen molar-refractivity contribution in [3.8, 4) is 11.5 Å². The normalized spacial score (nSPS) is 19.2. The van der Waals surface area contributed by atoms with Gasteiger partial charge in [0.05, 0.1) is 0 Å². The molecule has 1 aromatic rings. The molecule has 0 saturated heterocycles. The van der Waals surface area contributed by atoms with Crippen LogP contribution in [-0.2, 0) is 0 Å². The fourth-order valence-electron chi connectivity index (χ4n) is 2.21. The molecule has 1 aliphatic rings. The largest absolute Gasteiger partial charge is 0.505 e. The third-order valence-corrected chi connectivity index (χ3v) is 3.50. The molecule has 1 aliphatic carbocycles. The number of aryl methyl sites for hydroxylation is 1. The van der Waals surface area contributed by atoms with E-state index < -0.39 is 17.4 Å². The summed E-state index contributed by atoms with van der Waals surface area (Å²) in [5.41, 5.74) is 1.51.